The van der Waals surface area contributed by atoms with Gasteiger partial charge in [0.1, 0.15) is 17.9 Å². The second kappa shape index (κ2) is 10.8. The van der Waals surface area contributed by atoms with E-state index in [9.17, 15) is 4.79 Å². The van der Waals surface area contributed by atoms with E-state index in [0.29, 0.717) is 45.4 Å². The molecular weight excluding hydrogens is 646 g/mol. The third kappa shape index (κ3) is 5.28. The third-order valence-corrected chi connectivity index (χ3v) is 7.55. The molecule has 0 atom stereocenters. The molecule has 2 heterocycles. The molecule has 6 nitrogen and oxygen atoms in total. The number of hydrogen-bond donors (Lipinski definition) is 0. The summed E-state index contributed by atoms with van der Waals surface area (Å²) in [5.41, 5.74) is 2.60. The highest BCUT2D eigenvalue weighted by atomic mass is 79.9. The monoisotopic (exact) mass is 661 g/mol. The summed E-state index contributed by atoms with van der Waals surface area (Å²) in [4.78, 5) is 18.2. The van der Waals surface area contributed by atoms with Gasteiger partial charge in [-0.25, -0.2) is 4.98 Å². The molecule has 6 rings (SSSR count). The van der Waals surface area contributed by atoms with Gasteiger partial charge in [-0.15, -0.1) is 0 Å². The number of fused-ring (bicyclic) bond motifs is 2. The van der Waals surface area contributed by atoms with Crippen LogP contribution in [0.4, 0.5) is 0 Å². The number of nitrogens with zero attached hydrogens (tertiary/aromatic N) is 3. The first kappa shape index (κ1) is 25.6. The predicted molar refractivity (Wildman–Crippen MR) is 162 cm³/mol. The summed E-state index contributed by atoms with van der Waals surface area (Å²) in [6.07, 6.45) is 1.60. The zero-order valence-electron chi connectivity index (χ0n) is 20.1. The van der Waals surface area contributed by atoms with E-state index in [-0.39, 0.29) is 5.56 Å². The number of benzene rings is 4. The second-order valence-electron chi connectivity index (χ2n) is 8.68. The Kier molecular flexibility index (Phi) is 7.08. The van der Waals surface area contributed by atoms with E-state index in [1.807, 2.05) is 72.8 Å². The largest absolute Gasteiger partial charge is 0.488 e. The predicted octanol–water partition coefficient (Wildman–Crippen LogP) is 8.45. The van der Waals surface area contributed by atoms with Crippen molar-refractivity contribution in [3.63, 3.8) is 0 Å². The molecule has 0 aliphatic heterocycles. The standard InChI is InChI=1S/C30H18Br2ClN3O3/c31-21-10-12-26-20(14-21)15-28(39-26)29-35-25-8-4-2-6-22(25)30(37)36(29)34-16-18-9-11-27(23(32)13-18)38-17-19-5-1-3-7-24(19)33/h1-16H,17H2. The first-order chi connectivity index (χ1) is 19.0. The number of furan rings is 1. The summed E-state index contributed by atoms with van der Waals surface area (Å²) in [5, 5.41) is 6.53. The number of aromatic nitrogens is 2. The summed E-state index contributed by atoms with van der Waals surface area (Å²) in [5.74, 6) is 1.40. The average molecular weight is 664 g/mol. The normalized spacial score (nSPS) is 11.6. The van der Waals surface area contributed by atoms with Gasteiger partial charge in [-0.2, -0.15) is 9.78 Å². The number of para-hydroxylation sites is 1. The van der Waals surface area contributed by atoms with E-state index in [1.165, 1.54) is 4.68 Å². The van der Waals surface area contributed by atoms with Gasteiger partial charge in [0.05, 0.1) is 21.6 Å². The van der Waals surface area contributed by atoms with E-state index >= 15 is 0 Å². The van der Waals surface area contributed by atoms with Crippen LogP contribution < -0.4 is 10.3 Å². The van der Waals surface area contributed by atoms with Gasteiger partial charge in [-0.3, -0.25) is 4.79 Å². The number of halogens is 3. The molecule has 4 aromatic carbocycles. The molecule has 192 valence electrons. The summed E-state index contributed by atoms with van der Waals surface area (Å²) in [7, 11) is 0. The van der Waals surface area contributed by atoms with Gasteiger partial charge < -0.3 is 9.15 Å². The molecule has 0 saturated carbocycles. The molecule has 0 spiro atoms. The lowest BCUT2D eigenvalue weighted by Crippen LogP contribution is -2.20. The lowest BCUT2D eigenvalue weighted by Gasteiger charge is -2.10. The lowest BCUT2D eigenvalue weighted by atomic mass is 10.2. The van der Waals surface area contributed by atoms with Crippen LogP contribution in [0.5, 0.6) is 5.75 Å². The molecule has 0 fully saturated rings. The molecular formula is C30H18Br2ClN3O3. The van der Waals surface area contributed by atoms with Crippen LogP contribution in [-0.4, -0.2) is 15.9 Å². The van der Waals surface area contributed by atoms with Crippen molar-refractivity contribution in [2.24, 2.45) is 5.10 Å². The van der Waals surface area contributed by atoms with Crippen LogP contribution in [0.3, 0.4) is 0 Å². The minimum Gasteiger partial charge on any atom is -0.488 e. The van der Waals surface area contributed by atoms with Gasteiger partial charge in [0, 0.05) is 20.4 Å². The highest BCUT2D eigenvalue weighted by Crippen LogP contribution is 2.30. The Morgan fingerprint density at radius 1 is 0.974 bits per heavy atom. The molecule has 0 radical (unpaired) electrons. The molecule has 0 saturated heterocycles. The van der Waals surface area contributed by atoms with Crippen LogP contribution in [0, 0.1) is 0 Å². The summed E-state index contributed by atoms with van der Waals surface area (Å²) >= 11 is 13.3. The van der Waals surface area contributed by atoms with E-state index in [1.54, 1.807) is 24.4 Å². The maximum Gasteiger partial charge on any atom is 0.282 e. The van der Waals surface area contributed by atoms with Gasteiger partial charge in [0.25, 0.3) is 5.56 Å². The fourth-order valence-electron chi connectivity index (χ4n) is 4.12. The Hall–Kier alpha value is -3.72. The van der Waals surface area contributed by atoms with Crippen molar-refractivity contribution in [3.8, 4) is 17.3 Å². The first-order valence-corrected chi connectivity index (χ1v) is 13.8. The highest BCUT2D eigenvalue weighted by Gasteiger charge is 2.16. The molecule has 0 N–H and O–H groups in total. The summed E-state index contributed by atoms with van der Waals surface area (Å²) in [6, 6.07) is 27.8. The molecule has 0 amide bonds. The topological polar surface area (TPSA) is 69.6 Å². The molecule has 0 aliphatic carbocycles. The van der Waals surface area contributed by atoms with Crippen molar-refractivity contribution in [1.82, 2.24) is 9.66 Å². The number of ether oxygens (including phenoxy) is 1. The summed E-state index contributed by atoms with van der Waals surface area (Å²) < 4.78 is 14.9. The van der Waals surface area contributed by atoms with Crippen LogP contribution in [0.1, 0.15) is 11.1 Å². The quantitative estimate of drug-likeness (QED) is 0.168. The fourth-order valence-corrected chi connectivity index (χ4v) is 5.20. The van der Waals surface area contributed by atoms with E-state index in [2.05, 4.69) is 37.0 Å². The maximum atomic E-state index is 13.5. The van der Waals surface area contributed by atoms with E-state index in [4.69, 9.17) is 25.7 Å². The van der Waals surface area contributed by atoms with Crippen molar-refractivity contribution in [1.29, 1.82) is 0 Å². The summed E-state index contributed by atoms with van der Waals surface area (Å²) in [6.45, 7) is 0.335. The fraction of sp³-hybridized carbons (Fsp3) is 0.0333. The van der Waals surface area contributed by atoms with Crippen molar-refractivity contribution in [2.45, 2.75) is 6.61 Å². The van der Waals surface area contributed by atoms with Gasteiger partial charge in [-0.05, 0) is 82.2 Å². The van der Waals surface area contributed by atoms with Crippen LogP contribution in [0.15, 0.2) is 114 Å². The van der Waals surface area contributed by atoms with Gasteiger partial charge in [0.15, 0.2) is 5.76 Å². The van der Waals surface area contributed by atoms with Crippen molar-refractivity contribution in [3.05, 3.63) is 126 Å². The van der Waals surface area contributed by atoms with Gasteiger partial charge in [-0.1, -0.05) is 57.9 Å². The molecule has 2 aromatic heterocycles. The van der Waals surface area contributed by atoms with Crippen LogP contribution in [0.25, 0.3) is 33.5 Å². The van der Waals surface area contributed by atoms with Crippen LogP contribution in [0.2, 0.25) is 5.02 Å². The maximum absolute atomic E-state index is 13.5. The highest BCUT2D eigenvalue weighted by molar-refractivity contribution is 9.10. The Balaban J connectivity index is 1.36. The van der Waals surface area contributed by atoms with E-state index in [0.717, 1.165) is 25.5 Å². The Morgan fingerprint density at radius 3 is 2.64 bits per heavy atom. The molecule has 9 heteroatoms. The van der Waals surface area contributed by atoms with Crippen molar-refractivity contribution >= 4 is 71.5 Å². The first-order valence-electron chi connectivity index (χ1n) is 11.9. The smallest absolute Gasteiger partial charge is 0.282 e. The Bertz CT molecular complexity index is 1950. The van der Waals surface area contributed by atoms with Crippen molar-refractivity contribution in [2.75, 3.05) is 0 Å². The minimum atomic E-state index is -0.299. The molecule has 0 bridgehead atoms. The zero-order chi connectivity index (χ0) is 26.9. The van der Waals surface area contributed by atoms with Crippen LogP contribution >= 0.6 is 43.5 Å². The zero-order valence-corrected chi connectivity index (χ0v) is 24.1. The lowest BCUT2D eigenvalue weighted by molar-refractivity contribution is 0.304. The van der Waals surface area contributed by atoms with E-state index < -0.39 is 0 Å². The van der Waals surface area contributed by atoms with Crippen molar-refractivity contribution < 1.29 is 9.15 Å². The van der Waals surface area contributed by atoms with Gasteiger partial charge in [0.2, 0.25) is 5.82 Å². The molecule has 0 unspecified atom stereocenters. The number of rotatable bonds is 6. The number of hydrogen-bond acceptors (Lipinski definition) is 5. The molecule has 0 aliphatic rings. The second-order valence-corrected chi connectivity index (χ2v) is 10.9. The third-order valence-electron chi connectivity index (χ3n) is 6.07. The Morgan fingerprint density at radius 2 is 1.79 bits per heavy atom. The Labute approximate surface area is 244 Å². The minimum absolute atomic E-state index is 0.299. The average Bonchev–Trinajstić information content (AvgIpc) is 3.36. The van der Waals surface area contributed by atoms with Gasteiger partial charge >= 0.3 is 0 Å². The van der Waals surface area contributed by atoms with Crippen LogP contribution in [-0.2, 0) is 6.61 Å². The SMILES string of the molecule is O=c1c2ccccc2nc(-c2cc3cc(Br)ccc3o2)n1N=Cc1ccc(OCc2ccccc2Cl)c(Br)c1. The molecule has 6 aromatic rings. The molecule has 39 heavy (non-hydrogen) atoms.